The first-order valence-electron chi connectivity index (χ1n) is 8.60. The normalized spacial score (nSPS) is 11.3. The van der Waals surface area contributed by atoms with Gasteiger partial charge in [0.25, 0.3) is 0 Å². The number of benzene rings is 2. The lowest BCUT2D eigenvalue weighted by Crippen LogP contribution is -1.94. The van der Waals surface area contributed by atoms with Crippen LogP contribution in [0, 0.1) is 11.3 Å². The van der Waals surface area contributed by atoms with E-state index in [-0.39, 0.29) is 0 Å². The van der Waals surface area contributed by atoms with Crippen molar-refractivity contribution >= 4 is 23.0 Å². The van der Waals surface area contributed by atoms with Gasteiger partial charge in [0.2, 0.25) is 0 Å². The van der Waals surface area contributed by atoms with Gasteiger partial charge in [0, 0.05) is 29.4 Å². The topological polar surface area (TPSA) is 41.6 Å². The van der Waals surface area contributed by atoms with E-state index in [9.17, 15) is 5.26 Å². The van der Waals surface area contributed by atoms with Gasteiger partial charge in [0.15, 0.2) is 0 Å². The lowest BCUT2D eigenvalue weighted by atomic mass is 10.2. The van der Waals surface area contributed by atoms with Crippen molar-refractivity contribution in [2.75, 3.05) is 0 Å². The zero-order valence-electron chi connectivity index (χ0n) is 14.8. The predicted octanol–water partition coefficient (Wildman–Crippen LogP) is 5.88. The Morgan fingerprint density at radius 2 is 1.63 bits per heavy atom. The van der Waals surface area contributed by atoms with Gasteiger partial charge in [0.1, 0.15) is 11.1 Å². The molecule has 0 aliphatic carbocycles. The first-order chi connectivity index (χ1) is 13.3. The highest BCUT2D eigenvalue weighted by molar-refractivity contribution is 7.11. The van der Waals surface area contributed by atoms with Gasteiger partial charge >= 0.3 is 0 Å². The van der Waals surface area contributed by atoms with Crippen LogP contribution >= 0.6 is 11.3 Å². The molecule has 130 valence electrons. The molecule has 0 radical (unpaired) electrons. The monoisotopic (exact) mass is 367 g/mol. The number of rotatable bonds is 4. The van der Waals surface area contributed by atoms with Crippen molar-refractivity contribution < 1.29 is 0 Å². The predicted molar refractivity (Wildman–Crippen MR) is 112 cm³/mol. The van der Waals surface area contributed by atoms with Gasteiger partial charge in [-0.25, -0.2) is 4.98 Å². The van der Waals surface area contributed by atoms with E-state index in [0.717, 1.165) is 33.2 Å². The Labute approximate surface area is 162 Å². The second-order valence-electron chi connectivity index (χ2n) is 6.14. The Morgan fingerprint density at radius 3 is 2.30 bits per heavy atom. The van der Waals surface area contributed by atoms with Gasteiger partial charge in [-0.1, -0.05) is 60.7 Å². The average molecular weight is 367 g/mol. The molecule has 4 rings (SSSR count). The van der Waals surface area contributed by atoms with Gasteiger partial charge in [-0.05, 0) is 23.8 Å². The smallest absolute Gasteiger partial charge is 0.134 e. The number of aromatic nitrogens is 2. The van der Waals surface area contributed by atoms with E-state index in [1.807, 2.05) is 73.1 Å². The Balaban J connectivity index is 1.68. The zero-order valence-corrected chi connectivity index (χ0v) is 15.6. The molecule has 2 aromatic heterocycles. The summed E-state index contributed by atoms with van der Waals surface area (Å²) in [5.74, 6) is 0. The molecule has 4 aromatic rings. The van der Waals surface area contributed by atoms with Gasteiger partial charge in [-0.2, -0.15) is 5.26 Å². The zero-order chi connectivity index (χ0) is 18.6. The van der Waals surface area contributed by atoms with E-state index in [2.05, 4.69) is 33.8 Å². The van der Waals surface area contributed by atoms with Crippen LogP contribution < -0.4 is 0 Å². The molecule has 0 amide bonds. The summed E-state index contributed by atoms with van der Waals surface area (Å²) in [6.07, 6.45) is 1.90. The molecule has 0 aliphatic heterocycles. The molecular weight excluding hydrogens is 350 g/mol. The second-order valence-corrected chi connectivity index (χ2v) is 7.00. The molecule has 0 N–H and O–H groups in total. The van der Waals surface area contributed by atoms with Gasteiger partial charge in [-0.3, -0.25) is 0 Å². The molecule has 0 unspecified atom stereocenters. The number of hydrogen-bond donors (Lipinski definition) is 0. The highest BCUT2D eigenvalue weighted by Crippen LogP contribution is 2.28. The van der Waals surface area contributed by atoms with Crippen molar-refractivity contribution in [2.45, 2.75) is 0 Å². The molecular formula is C23H17N3S. The van der Waals surface area contributed by atoms with Crippen LogP contribution in [0.5, 0.6) is 0 Å². The summed E-state index contributed by atoms with van der Waals surface area (Å²) in [6, 6.07) is 26.7. The number of thiazole rings is 1. The Bertz CT molecular complexity index is 1130. The van der Waals surface area contributed by atoms with E-state index in [1.165, 1.54) is 11.3 Å². The maximum Gasteiger partial charge on any atom is 0.134 e. The van der Waals surface area contributed by atoms with E-state index in [4.69, 9.17) is 0 Å². The van der Waals surface area contributed by atoms with Crippen LogP contribution in [0.25, 0.3) is 34.2 Å². The number of nitrogens with zero attached hydrogens (tertiary/aromatic N) is 3. The summed E-state index contributed by atoms with van der Waals surface area (Å²) in [5, 5.41) is 12.4. The molecule has 0 aliphatic rings. The first-order valence-corrected chi connectivity index (χ1v) is 9.48. The Kier molecular flexibility index (Phi) is 4.69. The fourth-order valence-electron chi connectivity index (χ4n) is 3.00. The minimum absolute atomic E-state index is 0.572. The maximum absolute atomic E-state index is 9.67. The largest absolute Gasteiger partial charge is 0.344 e. The van der Waals surface area contributed by atoms with Gasteiger partial charge < -0.3 is 4.57 Å². The summed E-state index contributed by atoms with van der Waals surface area (Å²) >= 11 is 1.49. The minimum Gasteiger partial charge on any atom is -0.344 e. The van der Waals surface area contributed by atoms with Crippen molar-refractivity contribution in [3.8, 4) is 28.6 Å². The fraction of sp³-hybridized carbons (Fsp3) is 0.0435. The van der Waals surface area contributed by atoms with Crippen LogP contribution in [0.1, 0.15) is 10.7 Å². The highest BCUT2D eigenvalue weighted by Gasteiger charge is 2.11. The number of hydrogen-bond acceptors (Lipinski definition) is 3. The van der Waals surface area contributed by atoms with Crippen molar-refractivity contribution in [1.29, 1.82) is 5.26 Å². The summed E-state index contributed by atoms with van der Waals surface area (Å²) < 4.78 is 2.10. The third-order valence-corrected chi connectivity index (χ3v) is 5.32. The van der Waals surface area contributed by atoms with E-state index < -0.39 is 0 Å². The summed E-state index contributed by atoms with van der Waals surface area (Å²) in [4.78, 5) is 4.66. The van der Waals surface area contributed by atoms with E-state index in [0.29, 0.717) is 5.57 Å². The van der Waals surface area contributed by atoms with Crippen molar-refractivity contribution in [3.05, 3.63) is 88.9 Å². The van der Waals surface area contributed by atoms with Gasteiger partial charge in [-0.15, -0.1) is 11.3 Å². The first kappa shape index (κ1) is 17.0. The number of allylic oxidation sites excluding steroid dienone is 1. The SMILES string of the molecule is Cn1c(C=C(C#N)c2nc(-c3ccccc3)cs2)ccc1-c1ccccc1. The molecule has 0 atom stereocenters. The van der Waals surface area contributed by atoms with Crippen LogP contribution in [0.4, 0.5) is 0 Å². The Morgan fingerprint density at radius 1 is 0.963 bits per heavy atom. The molecule has 3 nitrogen and oxygen atoms in total. The standard InChI is InChI=1S/C23H17N3S/c1-26-20(12-13-22(26)18-10-6-3-7-11-18)14-19(15-24)23-25-21(16-27-23)17-8-4-2-5-9-17/h2-14,16H,1H3. The van der Waals surface area contributed by atoms with Crippen molar-refractivity contribution in [3.63, 3.8) is 0 Å². The van der Waals surface area contributed by atoms with Crippen LogP contribution in [-0.4, -0.2) is 9.55 Å². The quantitative estimate of drug-likeness (QED) is 0.423. The Hall–Kier alpha value is -3.42. The minimum atomic E-state index is 0.572. The molecule has 0 saturated heterocycles. The molecule has 0 bridgehead atoms. The van der Waals surface area contributed by atoms with Crippen LogP contribution in [0.15, 0.2) is 78.2 Å². The number of nitriles is 1. The molecule has 0 spiro atoms. The summed E-state index contributed by atoms with van der Waals surface area (Å²) in [7, 11) is 2.01. The second kappa shape index (κ2) is 7.45. The lowest BCUT2D eigenvalue weighted by molar-refractivity contribution is 0.924. The average Bonchev–Trinajstić information content (AvgIpc) is 3.35. The van der Waals surface area contributed by atoms with Crippen LogP contribution in [-0.2, 0) is 7.05 Å². The third-order valence-electron chi connectivity index (χ3n) is 4.45. The van der Waals surface area contributed by atoms with Crippen molar-refractivity contribution in [1.82, 2.24) is 9.55 Å². The molecule has 2 heterocycles. The molecule has 4 heteroatoms. The third kappa shape index (κ3) is 3.46. The van der Waals surface area contributed by atoms with Gasteiger partial charge in [0.05, 0.1) is 11.3 Å². The summed E-state index contributed by atoms with van der Waals surface area (Å²) in [6.45, 7) is 0. The molecule has 27 heavy (non-hydrogen) atoms. The van der Waals surface area contributed by atoms with E-state index in [1.54, 1.807) is 0 Å². The maximum atomic E-state index is 9.67. The van der Waals surface area contributed by atoms with Crippen LogP contribution in [0.2, 0.25) is 0 Å². The van der Waals surface area contributed by atoms with Crippen LogP contribution in [0.3, 0.4) is 0 Å². The molecule has 0 fully saturated rings. The fourth-order valence-corrected chi connectivity index (χ4v) is 3.79. The van der Waals surface area contributed by atoms with E-state index >= 15 is 0 Å². The van der Waals surface area contributed by atoms with Crippen molar-refractivity contribution in [2.24, 2.45) is 7.05 Å². The summed E-state index contributed by atoms with van der Waals surface area (Å²) in [5.41, 5.74) is 5.77. The highest BCUT2D eigenvalue weighted by atomic mass is 32.1. The molecule has 2 aromatic carbocycles. The lowest BCUT2D eigenvalue weighted by Gasteiger charge is -2.05. The molecule has 0 saturated carbocycles.